The highest BCUT2D eigenvalue weighted by molar-refractivity contribution is 5.75. The first kappa shape index (κ1) is 11.4. The van der Waals surface area contributed by atoms with Crippen LogP contribution in [0.15, 0.2) is 24.3 Å². The van der Waals surface area contributed by atoms with Crippen LogP contribution in [0, 0.1) is 0 Å². The van der Waals surface area contributed by atoms with Gasteiger partial charge in [-0.1, -0.05) is 12.1 Å². The van der Waals surface area contributed by atoms with E-state index in [1.54, 1.807) is 38.4 Å². The Balaban J connectivity index is 2.38. The van der Waals surface area contributed by atoms with Crippen molar-refractivity contribution in [2.45, 2.75) is 6.42 Å². The average molecular weight is 209 g/mol. The zero-order valence-corrected chi connectivity index (χ0v) is 8.93. The number of phenols is 1. The SMILES string of the molecule is CN(C)C(=O)CCOc1ccccc1O. The Hall–Kier alpha value is -1.71. The molecule has 0 unspecified atom stereocenters. The van der Waals surface area contributed by atoms with Gasteiger partial charge in [-0.3, -0.25) is 4.79 Å². The fraction of sp³-hybridized carbons (Fsp3) is 0.364. The fourth-order valence-corrected chi connectivity index (χ4v) is 1.05. The number of aromatic hydroxyl groups is 1. The molecule has 1 aromatic rings. The molecule has 1 rings (SSSR count). The molecule has 0 atom stereocenters. The zero-order chi connectivity index (χ0) is 11.3. The van der Waals surface area contributed by atoms with E-state index in [9.17, 15) is 9.90 Å². The maximum atomic E-state index is 11.2. The zero-order valence-electron chi connectivity index (χ0n) is 8.93. The quantitative estimate of drug-likeness (QED) is 0.811. The summed E-state index contributed by atoms with van der Waals surface area (Å²) in [6.07, 6.45) is 0.307. The number of benzene rings is 1. The second-order valence-electron chi connectivity index (χ2n) is 3.35. The van der Waals surface area contributed by atoms with Crippen molar-refractivity contribution in [3.63, 3.8) is 0 Å². The van der Waals surface area contributed by atoms with Crippen molar-refractivity contribution >= 4 is 5.91 Å². The highest BCUT2D eigenvalue weighted by Crippen LogP contribution is 2.24. The standard InChI is InChI=1S/C11H15NO3/c1-12(2)11(14)7-8-15-10-6-4-3-5-9(10)13/h3-6,13H,7-8H2,1-2H3. The summed E-state index contributed by atoms with van der Waals surface area (Å²) in [5, 5.41) is 9.36. The minimum atomic E-state index is 0.00502. The van der Waals surface area contributed by atoms with Gasteiger partial charge in [-0.15, -0.1) is 0 Å². The monoisotopic (exact) mass is 209 g/mol. The number of hydrogen-bond donors (Lipinski definition) is 1. The molecule has 1 aromatic carbocycles. The summed E-state index contributed by atoms with van der Waals surface area (Å²) >= 11 is 0. The van der Waals surface area contributed by atoms with Gasteiger partial charge < -0.3 is 14.7 Å². The number of carbonyl (C=O) groups is 1. The first-order chi connectivity index (χ1) is 7.11. The summed E-state index contributed by atoms with van der Waals surface area (Å²) in [6.45, 7) is 0.272. The van der Waals surface area contributed by atoms with Crippen molar-refractivity contribution < 1.29 is 14.6 Å². The Kier molecular flexibility index (Phi) is 3.97. The minimum absolute atomic E-state index is 0.00502. The molecule has 15 heavy (non-hydrogen) atoms. The van der Waals surface area contributed by atoms with E-state index in [1.807, 2.05) is 0 Å². The topological polar surface area (TPSA) is 49.8 Å². The lowest BCUT2D eigenvalue weighted by Crippen LogP contribution is -2.23. The normalized spacial score (nSPS) is 9.73. The van der Waals surface area contributed by atoms with Crippen LogP contribution in [0.3, 0.4) is 0 Å². The van der Waals surface area contributed by atoms with E-state index in [4.69, 9.17) is 4.74 Å². The number of amides is 1. The number of phenolic OH excluding ortho intramolecular Hbond substituents is 1. The van der Waals surface area contributed by atoms with Crippen LogP contribution >= 0.6 is 0 Å². The van der Waals surface area contributed by atoms with E-state index in [0.29, 0.717) is 12.2 Å². The number of ether oxygens (including phenoxy) is 1. The lowest BCUT2D eigenvalue weighted by molar-refractivity contribution is -0.129. The Morgan fingerprint density at radius 2 is 2.07 bits per heavy atom. The van der Waals surface area contributed by atoms with Gasteiger partial charge in [-0.2, -0.15) is 0 Å². The van der Waals surface area contributed by atoms with Gasteiger partial charge in [0, 0.05) is 14.1 Å². The first-order valence-electron chi connectivity index (χ1n) is 4.72. The largest absolute Gasteiger partial charge is 0.504 e. The van der Waals surface area contributed by atoms with Crippen molar-refractivity contribution in [2.24, 2.45) is 0 Å². The van der Waals surface area contributed by atoms with E-state index in [-0.39, 0.29) is 18.3 Å². The van der Waals surface area contributed by atoms with Crippen molar-refractivity contribution in [2.75, 3.05) is 20.7 Å². The Bertz CT molecular complexity index is 336. The predicted octanol–water partition coefficient (Wildman–Crippen LogP) is 1.25. The Morgan fingerprint density at radius 3 is 2.67 bits per heavy atom. The molecule has 0 fully saturated rings. The van der Waals surface area contributed by atoms with Crippen molar-refractivity contribution in [3.05, 3.63) is 24.3 Å². The van der Waals surface area contributed by atoms with Gasteiger partial charge >= 0.3 is 0 Å². The third-order valence-corrected chi connectivity index (χ3v) is 1.94. The molecule has 0 aliphatic rings. The summed E-state index contributed by atoms with van der Waals surface area (Å²) < 4.78 is 5.26. The van der Waals surface area contributed by atoms with Crippen LogP contribution < -0.4 is 4.74 Å². The van der Waals surface area contributed by atoms with E-state index in [0.717, 1.165) is 0 Å². The Morgan fingerprint density at radius 1 is 1.40 bits per heavy atom. The van der Waals surface area contributed by atoms with Crippen LogP contribution in [0.2, 0.25) is 0 Å². The molecular weight excluding hydrogens is 194 g/mol. The molecule has 0 radical (unpaired) electrons. The van der Waals surface area contributed by atoms with Crippen molar-refractivity contribution in [1.82, 2.24) is 4.90 Å². The molecule has 0 aromatic heterocycles. The van der Waals surface area contributed by atoms with Crippen LogP contribution in [0.5, 0.6) is 11.5 Å². The van der Waals surface area contributed by atoms with Gasteiger partial charge in [-0.25, -0.2) is 0 Å². The van der Waals surface area contributed by atoms with Gasteiger partial charge in [-0.05, 0) is 12.1 Å². The number of hydrogen-bond acceptors (Lipinski definition) is 3. The second kappa shape index (κ2) is 5.24. The molecule has 0 aliphatic carbocycles. The molecule has 4 heteroatoms. The molecule has 0 aliphatic heterocycles. The number of carbonyl (C=O) groups excluding carboxylic acids is 1. The molecule has 82 valence electrons. The maximum Gasteiger partial charge on any atom is 0.225 e. The molecule has 0 bridgehead atoms. The third-order valence-electron chi connectivity index (χ3n) is 1.94. The summed E-state index contributed by atoms with van der Waals surface area (Å²) in [5.74, 6) is 0.504. The summed E-state index contributed by atoms with van der Waals surface area (Å²) in [7, 11) is 3.39. The van der Waals surface area contributed by atoms with Crippen LogP contribution in [-0.2, 0) is 4.79 Å². The second-order valence-corrected chi connectivity index (χ2v) is 3.35. The van der Waals surface area contributed by atoms with Gasteiger partial charge in [0.05, 0.1) is 13.0 Å². The van der Waals surface area contributed by atoms with E-state index in [1.165, 1.54) is 4.90 Å². The van der Waals surface area contributed by atoms with Gasteiger partial charge in [0.1, 0.15) is 0 Å². The van der Waals surface area contributed by atoms with Gasteiger partial charge in [0.25, 0.3) is 0 Å². The van der Waals surface area contributed by atoms with Crippen molar-refractivity contribution in [3.8, 4) is 11.5 Å². The van der Waals surface area contributed by atoms with E-state index < -0.39 is 0 Å². The van der Waals surface area contributed by atoms with E-state index >= 15 is 0 Å². The molecule has 0 saturated heterocycles. The van der Waals surface area contributed by atoms with Crippen LogP contribution in [0.25, 0.3) is 0 Å². The minimum Gasteiger partial charge on any atom is -0.504 e. The summed E-state index contributed by atoms with van der Waals surface area (Å²) in [5.41, 5.74) is 0. The number of nitrogens with zero attached hydrogens (tertiary/aromatic N) is 1. The number of para-hydroxylation sites is 2. The average Bonchev–Trinajstić information content (AvgIpc) is 2.20. The molecule has 1 N–H and O–H groups in total. The summed E-state index contributed by atoms with van der Waals surface area (Å²) in [4.78, 5) is 12.7. The summed E-state index contributed by atoms with van der Waals surface area (Å²) in [6, 6.07) is 6.69. The van der Waals surface area contributed by atoms with Gasteiger partial charge in [0.15, 0.2) is 11.5 Å². The molecule has 0 saturated carbocycles. The third kappa shape index (κ3) is 3.50. The molecule has 0 spiro atoms. The highest BCUT2D eigenvalue weighted by atomic mass is 16.5. The predicted molar refractivity (Wildman–Crippen MR) is 56.9 cm³/mol. The molecule has 4 nitrogen and oxygen atoms in total. The van der Waals surface area contributed by atoms with Crippen LogP contribution in [0.4, 0.5) is 0 Å². The van der Waals surface area contributed by atoms with E-state index in [2.05, 4.69) is 0 Å². The maximum absolute atomic E-state index is 11.2. The first-order valence-corrected chi connectivity index (χ1v) is 4.72. The number of rotatable bonds is 4. The van der Waals surface area contributed by atoms with Crippen LogP contribution in [-0.4, -0.2) is 36.6 Å². The van der Waals surface area contributed by atoms with Crippen molar-refractivity contribution in [1.29, 1.82) is 0 Å². The highest BCUT2D eigenvalue weighted by Gasteiger charge is 2.05. The fourth-order valence-electron chi connectivity index (χ4n) is 1.05. The van der Waals surface area contributed by atoms with Gasteiger partial charge in [0.2, 0.25) is 5.91 Å². The molecule has 1 amide bonds. The molecular formula is C11H15NO3. The lowest BCUT2D eigenvalue weighted by atomic mass is 10.3. The van der Waals surface area contributed by atoms with Crippen LogP contribution in [0.1, 0.15) is 6.42 Å². The lowest BCUT2D eigenvalue weighted by Gasteiger charge is -2.11. The molecule has 0 heterocycles. The smallest absolute Gasteiger partial charge is 0.225 e. The Labute approximate surface area is 89.1 Å².